The van der Waals surface area contributed by atoms with E-state index < -0.39 is 0 Å². The molecule has 0 saturated carbocycles. The van der Waals surface area contributed by atoms with E-state index in [0.29, 0.717) is 5.69 Å². The Hall–Kier alpha value is -2.82. The maximum atomic E-state index is 12.1. The molecule has 1 heterocycles. The van der Waals surface area contributed by atoms with Crippen LogP contribution in [0.25, 0.3) is 10.9 Å². The van der Waals surface area contributed by atoms with Crippen LogP contribution < -0.4 is 5.32 Å². The van der Waals surface area contributed by atoms with Crippen LogP contribution in [0.5, 0.6) is 5.75 Å². The van der Waals surface area contributed by atoms with Crippen molar-refractivity contribution in [2.75, 3.05) is 5.32 Å². The Balaban J connectivity index is 1.79. The van der Waals surface area contributed by atoms with E-state index in [9.17, 15) is 9.90 Å². The molecule has 0 aliphatic rings. The standard InChI is InChI=1S/C16H15N3O2/c1-11-5-4-7-13(16(11)21)18-15(20)10-19-14-8-3-2-6-12(14)9-17-19/h2-9,21H,10H2,1H3,(H,18,20). The Labute approximate surface area is 121 Å². The van der Waals surface area contributed by atoms with E-state index in [1.807, 2.05) is 24.3 Å². The van der Waals surface area contributed by atoms with Crippen molar-refractivity contribution in [2.24, 2.45) is 0 Å². The highest BCUT2D eigenvalue weighted by atomic mass is 16.3. The summed E-state index contributed by atoms with van der Waals surface area (Å²) in [7, 11) is 0. The fraction of sp³-hybridized carbons (Fsp3) is 0.125. The molecule has 0 radical (unpaired) electrons. The molecule has 1 aromatic heterocycles. The van der Waals surface area contributed by atoms with Crippen LogP contribution in [0.1, 0.15) is 5.56 Å². The van der Waals surface area contributed by atoms with E-state index in [0.717, 1.165) is 16.5 Å². The minimum absolute atomic E-state index is 0.0937. The van der Waals surface area contributed by atoms with Gasteiger partial charge in [-0.1, -0.05) is 30.3 Å². The highest BCUT2D eigenvalue weighted by Gasteiger charge is 2.10. The molecule has 3 aromatic rings. The summed E-state index contributed by atoms with van der Waals surface area (Å²) in [5.41, 5.74) is 2.04. The Morgan fingerprint density at radius 2 is 2.05 bits per heavy atom. The van der Waals surface area contributed by atoms with Gasteiger partial charge in [-0.15, -0.1) is 0 Å². The largest absolute Gasteiger partial charge is 0.505 e. The number of aryl methyl sites for hydroxylation is 1. The summed E-state index contributed by atoms with van der Waals surface area (Å²) < 4.78 is 1.64. The van der Waals surface area contributed by atoms with Gasteiger partial charge in [0.2, 0.25) is 5.91 Å². The highest BCUT2D eigenvalue weighted by Crippen LogP contribution is 2.26. The van der Waals surface area contributed by atoms with Crippen molar-refractivity contribution in [3.63, 3.8) is 0 Å². The van der Waals surface area contributed by atoms with E-state index in [1.54, 1.807) is 36.0 Å². The van der Waals surface area contributed by atoms with Crippen LogP contribution >= 0.6 is 0 Å². The number of phenols is 1. The molecule has 0 bridgehead atoms. The van der Waals surface area contributed by atoms with Crippen LogP contribution in [0.2, 0.25) is 0 Å². The second-order valence-corrected chi connectivity index (χ2v) is 4.88. The molecule has 5 nitrogen and oxygen atoms in total. The van der Waals surface area contributed by atoms with E-state index in [1.165, 1.54) is 0 Å². The van der Waals surface area contributed by atoms with Crippen LogP contribution in [0.15, 0.2) is 48.7 Å². The van der Waals surface area contributed by atoms with E-state index in [2.05, 4.69) is 10.4 Å². The summed E-state index contributed by atoms with van der Waals surface area (Å²) in [6, 6.07) is 12.9. The summed E-state index contributed by atoms with van der Waals surface area (Å²) in [4.78, 5) is 12.1. The van der Waals surface area contributed by atoms with Gasteiger partial charge in [0.05, 0.1) is 17.4 Å². The van der Waals surface area contributed by atoms with Gasteiger partial charge in [-0.2, -0.15) is 5.10 Å². The molecular formula is C16H15N3O2. The lowest BCUT2D eigenvalue weighted by molar-refractivity contribution is -0.116. The molecule has 0 spiro atoms. The number of aromatic nitrogens is 2. The lowest BCUT2D eigenvalue weighted by Crippen LogP contribution is -2.19. The third-order valence-electron chi connectivity index (χ3n) is 3.36. The van der Waals surface area contributed by atoms with Gasteiger partial charge < -0.3 is 10.4 Å². The average molecular weight is 281 g/mol. The van der Waals surface area contributed by atoms with Crippen molar-refractivity contribution < 1.29 is 9.90 Å². The van der Waals surface area contributed by atoms with Gasteiger partial charge in [0, 0.05) is 5.39 Å². The number of fused-ring (bicyclic) bond motifs is 1. The molecule has 0 aliphatic carbocycles. The van der Waals surface area contributed by atoms with Crippen LogP contribution in [-0.2, 0) is 11.3 Å². The predicted octanol–water partition coefficient (Wildman–Crippen LogP) is 2.69. The molecular weight excluding hydrogens is 266 g/mol. The third-order valence-corrected chi connectivity index (χ3v) is 3.36. The van der Waals surface area contributed by atoms with Crippen molar-refractivity contribution in [1.29, 1.82) is 0 Å². The summed E-state index contributed by atoms with van der Waals surface area (Å²) in [6.07, 6.45) is 1.73. The summed E-state index contributed by atoms with van der Waals surface area (Å²) >= 11 is 0. The Morgan fingerprint density at radius 1 is 1.24 bits per heavy atom. The minimum Gasteiger partial charge on any atom is -0.505 e. The molecule has 0 atom stereocenters. The molecule has 21 heavy (non-hydrogen) atoms. The zero-order valence-corrected chi connectivity index (χ0v) is 11.6. The van der Waals surface area contributed by atoms with Crippen molar-refractivity contribution in [2.45, 2.75) is 13.5 Å². The Morgan fingerprint density at radius 3 is 2.90 bits per heavy atom. The number of carbonyl (C=O) groups excluding carboxylic acids is 1. The zero-order chi connectivity index (χ0) is 14.8. The van der Waals surface area contributed by atoms with Gasteiger partial charge >= 0.3 is 0 Å². The molecule has 0 aliphatic heterocycles. The first-order valence-electron chi connectivity index (χ1n) is 6.64. The number of aromatic hydroxyl groups is 1. The van der Waals surface area contributed by atoms with E-state index in [4.69, 9.17) is 0 Å². The third kappa shape index (κ3) is 2.58. The molecule has 106 valence electrons. The van der Waals surface area contributed by atoms with Crippen LogP contribution in [-0.4, -0.2) is 20.8 Å². The molecule has 2 N–H and O–H groups in total. The number of carbonyl (C=O) groups is 1. The predicted molar refractivity (Wildman–Crippen MR) is 81.2 cm³/mol. The van der Waals surface area contributed by atoms with E-state index >= 15 is 0 Å². The Kier molecular flexibility index (Phi) is 3.31. The number of para-hydroxylation sites is 2. The smallest absolute Gasteiger partial charge is 0.246 e. The maximum Gasteiger partial charge on any atom is 0.246 e. The second kappa shape index (κ2) is 5.28. The quantitative estimate of drug-likeness (QED) is 0.725. The number of nitrogens with zero attached hydrogens (tertiary/aromatic N) is 2. The summed E-state index contributed by atoms with van der Waals surface area (Å²) in [6.45, 7) is 1.88. The van der Waals surface area contributed by atoms with Crippen LogP contribution in [0.4, 0.5) is 5.69 Å². The number of anilines is 1. The molecule has 1 amide bonds. The van der Waals surface area contributed by atoms with Gasteiger partial charge in [0.1, 0.15) is 12.3 Å². The molecule has 0 fully saturated rings. The van der Waals surface area contributed by atoms with Gasteiger partial charge in [0.25, 0.3) is 0 Å². The normalized spacial score (nSPS) is 10.7. The van der Waals surface area contributed by atoms with Gasteiger partial charge in [0.15, 0.2) is 0 Å². The van der Waals surface area contributed by atoms with Gasteiger partial charge in [-0.05, 0) is 24.6 Å². The van der Waals surface area contributed by atoms with Crippen LogP contribution in [0.3, 0.4) is 0 Å². The number of rotatable bonds is 3. The van der Waals surface area contributed by atoms with Crippen molar-refractivity contribution in [3.8, 4) is 5.75 Å². The number of hydrogen-bond acceptors (Lipinski definition) is 3. The average Bonchev–Trinajstić information content (AvgIpc) is 2.87. The molecule has 2 aromatic carbocycles. The van der Waals surface area contributed by atoms with Gasteiger partial charge in [-0.3, -0.25) is 9.48 Å². The first kappa shape index (κ1) is 13.2. The highest BCUT2D eigenvalue weighted by molar-refractivity contribution is 5.93. The zero-order valence-electron chi connectivity index (χ0n) is 11.6. The van der Waals surface area contributed by atoms with Crippen molar-refractivity contribution in [1.82, 2.24) is 9.78 Å². The first-order chi connectivity index (χ1) is 10.1. The fourth-order valence-electron chi connectivity index (χ4n) is 2.24. The van der Waals surface area contributed by atoms with Crippen molar-refractivity contribution in [3.05, 3.63) is 54.2 Å². The van der Waals surface area contributed by atoms with Gasteiger partial charge in [-0.25, -0.2) is 0 Å². The number of benzene rings is 2. The fourth-order valence-corrected chi connectivity index (χ4v) is 2.24. The lowest BCUT2D eigenvalue weighted by Gasteiger charge is -2.09. The number of amides is 1. The molecule has 3 rings (SSSR count). The minimum atomic E-state index is -0.232. The number of phenolic OH excluding ortho intramolecular Hbond substituents is 1. The first-order valence-corrected chi connectivity index (χ1v) is 6.64. The number of hydrogen-bond donors (Lipinski definition) is 2. The van der Waals surface area contributed by atoms with Crippen molar-refractivity contribution >= 4 is 22.5 Å². The Bertz CT molecular complexity index is 808. The topological polar surface area (TPSA) is 67.2 Å². The van der Waals surface area contributed by atoms with Crippen LogP contribution in [0, 0.1) is 6.92 Å². The maximum absolute atomic E-state index is 12.1. The summed E-state index contributed by atoms with van der Waals surface area (Å²) in [5, 5.41) is 17.8. The lowest BCUT2D eigenvalue weighted by atomic mass is 10.2. The molecule has 0 unspecified atom stereocenters. The molecule has 0 saturated heterocycles. The number of nitrogens with one attached hydrogen (secondary N) is 1. The SMILES string of the molecule is Cc1cccc(NC(=O)Cn2ncc3ccccc32)c1O. The second-order valence-electron chi connectivity index (χ2n) is 4.88. The monoisotopic (exact) mass is 281 g/mol. The van der Waals surface area contributed by atoms with E-state index in [-0.39, 0.29) is 18.2 Å². The summed E-state index contributed by atoms with van der Waals surface area (Å²) in [5.74, 6) is -0.138. The molecule has 5 heteroatoms.